The Labute approximate surface area is 88.4 Å². The first kappa shape index (κ1) is 9.59. The van der Waals surface area contributed by atoms with Crippen LogP contribution in [0, 0.1) is 0 Å². The van der Waals surface area contributed by atoms with Gasteiger partial charge in [-0.25, -0.2) is 0 Å². The molecule has 0 fully saturated rings. The average Bonchev–Trinajstić information content (AvgIpc) is 2.27. The van der Waals surface area contributed by atoms with Crippen molar-refractivity contribution in [1.29, 1.82) is 0 Å². The van der Waals surface area contributed by atoms with Gasteiger partial charge in [0, 0.05) is 5.56 Å². The molecule has 1 N–H and O–H groups in total. The highest BCUT2D eigenvalue weighted by Crippen LogP contribution is 2.26. The molecule has 0 amide bonds. The lowest BCUT2D eigenvalue weighted by Crippen LogP contribution is -1.86. The molecule has 2 aromatic carbocycles. The zero-order chi connectivity index (χ0) is 10.8. The van der Waals surface area contributed by atoms with Crippen LogP contribution in [-0.4, -0.2) is 12.2 Å². The van der Waals surface area contributed by atoms with Gasteiger partial charge in [0.15, 0.2) is 0 Å². The Morgan fingerprint density at radius 2 is 2.07 bits per heavy atom. The van der Waals surface area contributed by atoms with Gasteiger partial charge in [-0.05, 0) is 29.0 Å². The van der Waals surface area contributed by atoms with Crippen molar-refractivity contribution >= 4 is 16.5 Å². The van der Waals surface area contributed by atoms with Gasteiger partial charge in [-0.2, -0.15) is 0 Å². The summed E-state index contributed by atoms with van der Waals surface area (Å²) in [6.45, 7) is 3.54. The van der Waals surface area contributed by atoms with Gasteiger partial charge in [0.2, 0.25) is 0 Å². The Morgan fingerprint density at radius 3 is 2.73 bits per heavy atom. The molecule has 2 rings (SSSR count). The molecule has 0 aliphatic carbocycles. The van der Waals surface area contributed by atoms with Crippen LogP contribution in [0.15, 0.2) is 43.0 Å². The minimum absolute atomic E-state index is 0.0887. The van der Waals surface area contributed by atoms with Crippen LogP contribution >= 0.6 is 0 Å². The van der Waals surface area contributed by atoms with E-state index in [0.717, 1.165) is 22.1 Å². The SMILES string of the molecule is C=C(O)c1cccc2cc(OC)ccc12. The molecule has 0 atom stereocenters. The maximum absolute atomic E-state index is 9.42. The fraction of sp³-hybridized carbons (Fsp3) is 0.0769. The van der Waals surface area contributed by atoms with Crippen LogP contribution in [0.2, 0.25) is 0 Å². The zero-order valence-electron chi connectivity index (χ0n) is 8.53. The van der Waals surface area contributed by atoms with Crippen molar-refractivity contribution < 1.29 is 9.84 Å². The lowest BCUT2D eigenvalue weighted by atomic mass is 10.0. The predicted molar refractivity (Wildman–Crippen MR) is 62.2 cm³/mol. The van der Waals surface area contributed by atoms with Crippen LogP contribution in [0.25, 0.3) is 16.5 Å². The molecular formula is C13H12O2. The van der Waals surface area contributed by atoms with Crippen LogP contribution in [-0.2, 0) is 0 Å². The third-order valence-electron chi connectivity index (χ3n) is 2.40. The molecule has 2 heteroatoms. The molecule has 0 saturated carbocycles. The van der Waals surface area contributed by atoms with E-state index >= 15 is 0 Å². The first-order valence-electron chi connectivity index (χ1n) is 4.67. The molecule has 0 bridgehead atoms. The van der Waals surface area contributed by atoms with Crippen LogP contribution in [0.1, 0.15) is 5.56 Å². The molecule has 0 unspecified atom stereocenters. The molecule has 0 radical (unpaired) electrons. The Kier molecular flexibility index (Phi) is 2.34. The molecule has 0 aliphatic heterocycles. The standard InChI is InChI=1S/C13H12O2/c1-9(14)12-5-3-4-10-8-11(15-2)6-7-13(10)12/h3-8,14H,1H2,2H3. The van der Waals surface area contributed by atoms with Gasteiger partial charge in [-0.1, -0.05) is 24.8 Å². The van der Waals surface area contributed by atoms with E-state index < -0.39 is 0 Å². The molecule has 0 aromatic heterocycles. The molecule has 0 heterocycles. The summed E-state index contributed by atoms with van der Waals surface area (Å²) < 4.78 is 5.14. The monoisotopic (exact) mass is 200 g/mol. The quantitative estimate of drug-likeness (QED) is 0.753. The third kappa shape index (κ3) is 1.66. The normalized spacial score (nSPS) is 10.2. The molecule has 0 spiro atoms. The average molecular weight is 200 g/mol. The molecule has 0 aliphatic rings. The summed E-state index contributed by atoms with van der Waals surface area (Å²) in [4.78, 5) is 0. The largest absolute Gasteiger partial charge is 0.508 e. The maximum atomic E-state index is 9.42. The second-order valence-corrected chi connectivity index (χ2v) is 3.34. The fourth-order valence-corrected chi connectivity index (χ4v) is 1.64. The minimum Gasteiger partial charge on any atom is -0.508 e. The topological polar surface area (TPSA) is 29.5 Å². The Bertz CT molecular complexity index is 515. The lowest BCUT2D eigenvalue weighted by Gasteiger charge is -2.06. The Balaban J connectivity index is 2.72. The van der Waals surface area contributed by atoms with Crippen molar-refractivity contribution in [3.05, 3.63) is 48.5 Å². The van der Waals surface area contributed by atoms with Crippen molar-refractivity contribution in [2.45, 2.75) is 0 Å². The van der Waals surface area contributed by atoms with Crippen molar-refractivity contribution in [2.24, 2.45) is 0 Å². The summed E-state index contributed by atoms with van der Waals surface area (Å²) in [6, 6.07) is 11.4. The van der Waals surface area contributed by atoms with Crippen molar-refractivity contribution in [1.82, 2.24) is 0 Å². The third-order valence-corrected chi connectivity index (χ3v) is 2.40. The van der Waals surface area contributed by atoms with Crippen molar-refractivity contribution in [2.75, 3.05) is 7.11 Å². The van der Waals surface area contributed by atoms with Crippen LogP contribution in [0.3, 0.4) is 0 Å². The number of hydrogen-bond acceptors (Lipinski definition) is 2. The second-order valence-electron chi connectivity index (χ2n) is 3.34. The van der Waals surface area contributed by atoms with Gasteiger partial charge in [-0.15, -0.1) is 0 Å². The van der Waals surface area contributed by atoms with Gasteiger partial charge in [0.25, 0.3) is 0 Å². The number of aliphatic hydroxyl groups is 1. The van der Waals surface area contributed by atoms with E-state index in [1.54, 1.807) is 7.11 Å². The highest BCUT2D eigenvalue weighted by atomic mass is 16.5. The highest BCUT2D eigenvalue weighted by molar-refractivity contribution is 5.92. The Morgan fingerprint density at radius 1 is 1.27 bits per heavy atom. The number of aliphatic hydroxyl groups excluding tert-OH is 1. The number of ether oxygens (including phenoxy) is 1. The first-order chi connectivity index (χ1) is 7.22. The number of rotatable bonds is 2. The summed E-state index contributed by atoms with van der Waals surface area (Å²) >= 11 is 0. The summed E-state index contributed by atoms with van der Waals surface area (Å²) in [5.41, 5.74) is 0.759. The van der Waals surface area contributed by atoms with Gasteiger partial charge in [0.05, 0.1) is 7.11 Å². The van der Waals surface area contributed by atoms with Crippen molar-refractivity contribution in [3.63, 3.8) is 0 Å². The first-order valence-corrected chi connectivity index (χ1v) is 4.67. The van der Waals surface area contributed by atoms with Crippen LogP contribution in [0.4, 0.5) is 0 Å². The fourth-order valence-electron chi connectivity index (χ4n) is 1.64. The predicted octanol–water partition coefficient (Wildman–Crippen LogP) is 3.38. The number of benzene rings is 2. The molecule has 15 heavy (non-hydrogen) atoms. The maximum Gasteiger partial charge on any atom is 0.119 e. The summed E-state index contributed by atoms with van der Waals surface area (Å²) in [5.74, 6) is 0.897. The molecular weight excluding hydrogens is 188 g/mol. The smallest absolute Gasteiger partial charge is 0.119 e. The second kappa shape index (κ2) is 3.65. The minimum atomic E-state index is 0.0887. The highest BCUT2D eigenvalue weighted by Gasteiger charge is 2.03. The number of methoxy groups -OCH3 is 1. The van der Waals surface area contributed by atoms with E-state index in [-0.39, 0.29) is 5.76 Å². The van der Waals surface area contributed by atoms with E-state index in [0.29, 0.717) is 0 Å². The summed E-state index contributed by atoms with van der Waals surface area (Å²) in [5, 5.41) is 11.4. The van der Waals surface area contributed by atoms with Gasteiger partial charge in [0.1, 0.15) is 11.5 Å². The number of hydrogen-bond donors (Lipinski definition) is 1. The van der Waals surface area contributed by atoms with E-state index in [2.05, 4.69) is 6.58 Å². The summed E-state index contributed by atoms with van der Waals surface area (Å²) in [7, 11) is 1.63. The molecule has 76 valence electrons. The molecule has 0 saturated heterocycles. The lowest BCUT2D eigenvalue weighted by molar-refractivity contribution is 0.415. The van der Waals surface area contributed by atoms with E-state index in [1.165, 1.54) is 0 Å². The zero-order valence-corrected chi connectivity index (χ0v) is 8.53. The van der Waals surface area contributed by atoms with E-state index in [1.807, 2.05) is 36.4 Å². The molecule has 2 aromatic rings. The summed E-state index contributed by atoms with van der Waals surface area (Å²) in [6.07, 6.45) is 0. The van der Waals surface area contributed by atoms with Crippen LogP contribution < -0.4 is 4.74 Å². The van der Waals surface area contributed by atoms with Crippen LogP contribution in [0.5, 0.6) is 5.75 Å². The van der Waals surface area contributed by atoms with E-state index in [9.17, 15) is 5.11 Å². The van der Waals surface area contributed by atoms with Gasteiger partial charge in [-0.3, -0.25) is 0 Å². The van der Waals surface area contributed by atoms with Crippen molar-refractivity contribution in [3.8, 4) is 5.75 Å². The number of fused-ring (bicyclic) bond motifs is 1. The van der Waals surface area contributed by atoms with Gasteiger partial charge < -0.3 is 9.84 Å². The Hall–Kier alpha value is -1.96. The van der Waals surface area contributed by atoms with E-state index in [4.69, 9.17) is 4.74 Å². The molecule has 2 nitrogen and oxygen atoms in total. The van der Waals surface area contributed by atoms with Gasteiger partial charge >= 0.3 is 0 Å².